The highest BCUT2D eigenvalue weighted by Gasteiger charge is 2.43. The van der Waals surface area contributed by atoms with Crippen LogP contribution in [0, 0.1) is 0 Å². The molecule has 5 atom stereocenters. The van der Waals surface area contributed by atoms with Gasteiger partial charge in [0, 0.05) is 5.75 Å². The molecule has 1 heterocycles. The number of aliphatic hydroxyl groups is 4. The summed E-state index contributed by atoms with van der Waals surface area (Å²) < 4.78 is 10.9. The number of rotatable bonds is 21. The van der Waals surface area contributed by atoms with Gasteiger partial charge in [-0.15, -0.1) is 0 Å². The third kappa shape index (κ3) is 14.1. The molecule has 7 heteroatoms. The molecule has 1 rings (SSSR count). The van der Waals surface area contributed by atoms with Crippen LogP contribution in [0.25, 0.3) is 0 Å². The molecule has 0 saturated carbocycles. The van der Waals surface area contributed by atoms with E-state index in [1.54, 1.807) is 0 Å². The number of unbranched alkanes of at least 4 members (excludes halogenated alkanes) is 13. The van der Waals surface area contributed by atoms with E-state index < -0.39 is 37.3 Å². The van der Waals surface area contributed by atoms with Crippen molar-refractivity contribution in [3.63, 3.8) is 0 Å². The Morgan fingerprint density at radius 2 is 1.30 bits per heavy atom. The summed E-state index contributed by atoms with van der Waals surface area (Å²) >= 11 is 1.83. The van der Waals surface area contributed by atoms with Crippen LogP contribution in [0.15, 0.2) is 12.2 Å². The maximum absolute atomic E-state index is 9.98. The zero-order chi connectivity index (χ0) is 24.3. The Hall–Kier alpha value is -0.150. The number of hydrogen-bond donors (Lipinski definition) is 4. The van der Waals surface area contributed by atoms with Gasteiger partial charge in [-0.25, -0.2) is 0 Å². The zero-order valence-corrected chi connectivity index (χ0v) is 21.7. The summed E-state index contributed by atoms with van der Waals surface area (Å²) in [5.74, 6) is 1.87. The lowest BCUT2D eigenvalue weighted by atomic mass is 9.99. The average molecular weight is 491 g/mol. The van der Waals surface area contributed by atoms with Crippen LogP contribution < -0.4 is 0 Å². The molecule has 1 aliphatic rings. The first-order valence-corrected chi connectivity index (χ1v) is 14.3. The maximum atomic E-state index is 9.98. The summed E-state index contributed by atoms with van der Waals surface area (Å²) in [6.07, 6.45) is 12.9. The Kier molecular flexibility index (Phi) is 18.8. The third-order valence-corrected chi connectivity index (χ3v) is 7.44. The topological polar surface area (TPSA) is 99.4 Å². The molecular formula is C26H50O6S. The first-order chi connectivity index (χ1) is 16.0. The molecule has 33 heavy (non-hydrogen) atoms. The summed E-state index contributed by atoms with van der Waals surface area (Å²) in [5.41, 5.74) is 0.877. The van der Waals surface area contributed by atoms with Gasteiger partial charge < -0.3 is 29.9 Å². The van der Waals surface area contributed by atoms with Gasteiger partial charge in [-0.2, -0.15) is 11.8 Å². The molecule has 0 spiro atoms. The van der Waals surface area contributed by atoms with Crippen LogP contribution in [-0.4, -0.2) is 75.9 Å². The van der Waals surface area contributed by atoms with Gasteiger partial charge in [0.1, 0.15) is 24.4 Å². The standard InChI is InChI=1S/C26H50O6S/c1-3-4-5-6-7-8-9-10-11-12-13-14-15-16-17-33-20-21(2)19-31-26-25(30)24(29)23(28)22(18-27)32-26/h22-30H,2-20H2,1H3/t22-,23+,24+,25-,26+/m1/s1. The number of thioether (sulfide) groups is 1. The molecule has 0 aromatic rings. The molecule has 1 aliphatic heterocycles. The van der Waals surface area contributed by atoms with E-state index in [0.717, 1.165) is 17.1 Å². The SMILES string of the molecule is C=C(CO[C@H]1O[C@H](CO)[C@H](O)[C@H](O)[C@H]1O)CSCCCCCCCCCCCCCCCC. The van der Waals surface area contributed by atoms with E-state index in [2.05, 4.69) is 13.5 Å². The van der Waals surface area contributed by atoms with Gasteiger partial charge >= 0.3 is 0 Å². The van der Waals surface area contributed by atoms with Crippen molar-refractivity contribution in [2.24, 2.45) is 0 Å². The normalized spacial score (nSPS) is 25.4. The van der Waals surface area contributed by atoms with E-state index in [4.69, 9.17) is 9.47 Å². The van der Waals surface area contributed by atoms with Gasteiger partial charge in [-0.05, 0) is 17.7 Å². The van der Waals surface area contributed by atoms with Gasteiger partial charge in [0.25, 0.3) is 0 Å². The van der Waals surface area contributed by atoms with Crippen LogP contribution in [0.3, 0.4) is 0 Å². The molecule has 6 nitrogen and oxygen atoms in total. The number of hydrogen-bond acceptors (Lipinski definition) is 7. The van der Waals surface area contributed by atoms with Crippen LogP contribution in [0.2, 0.25) is 0 Å². The quantitative estimate of drug-likeness (QED) is 0.138. The molecule has 0 radical (unpaired) electrons. The average Bonchev–Trinajstić information content (AvgIpc) is 2.82. The van der Waals surface area contributed by atoms with Crippen LogP contribution in [0.4, 0.5) is 0 Å². The summed E-state index contributed by atoms with van der Waals surface area (Å²) in [7, 11) is 0. The molecule has 0 bridgehead atoms. The largest absolute Gasteiger partial charge is 0.394 e. The molecule has 196 valence electrons. The summed E-state index contributed by atoms with van der Waals surface area (Å²) in [6.45, 7) is 6.01. The van der Waals surface area contributed by atoms with Crippen molar-refractivity contribution in [2.75, 3.05) is 24.7 Å². The van der Waals surface area contributed by atoms with E-state index in [0.29, 0.717) is 0 Å². The Bertz CT molecular complexity index is 476. The lowest BCUT2D eigenvalue weighted by Crippen LogP contribution is -2.59. The molecule has 1 fully saturated rings. The van der Waals surface area contributed by atoms with E-state index in [9.17, 15) is 20.4 Å². The second-order valence-electron chi connectivity index (χ2n) is 9.41. The van der Waals surface area contributed by atoms with Crippen molar-refractivity contribution < 1.29 is 29.9 Å². The fourth-order valence-corrected chi connectivity index (χ4v) is 4.99. The van der Waals surface area contributed by atoms with Gasteiger partial charge in [0.15, 0.2) is 6.29 Å². The van der Waals surface area contributed by atoms with Crippen LogP contribution in [-0.2, 0) is 9.47 Å². The predicted molar refractivity (Wildman–Crippen MR) is 136 cm³/mol. The second-order valence-corrected chi connectivity index (χ2v) is 10.5. The second kappa shape index (κ2) is 20.1. The van der Waals surface area contributed by atoms with Crippen molar-refractivity contribution >= 4 is 11.8 Å². The number of ether oxygens (including phenoxy) is 2. The van der Waals surface area contributed by atoms with E-state index in [1.807, 2.05) is 11.8 Å². The molecule has 0 aliphatic carbocycles. The Labute approximate surface area is 206 Å². The van der Waals surface area contributed by atoms with Crippen molar-refractivity contribution in [3.05, 3.63) is 12.2 Å². The Morgan fingerprint density at radius 1 is 0.788 bits per heavy atom. The predicted octanol–water partition coefficient (Wildman–Crippen LogP) is 4.57. The molecule has 0 aromatic carbocycles. The third-order valence-electron chi connectivity index (χ3n) is 6.25. The lowest BCUT2D eigenvalue weighted by Gasteiger charge is -2.39. The lowest BCUT2D eigenvalue weighted by molar-refractivity contribution is -0.298. The Morgan fingerprint density at radius 3 is 1.82 bits per heavy atom. The van der Waals surface area contributed by atoms with E-state index >= 15 is 0 Å². The Balaban J connectivity index is 1.90. The summed E-state index contributed by atoms with van der Waals surface area (Å²) in [4.78, 5) is 0. The fraction of sp³-hybridized carbons (Fsp3) is 0.923. The van der Waals surface area contributed by atoms with Crippen molar-refractivity contribution in [2.45, 2.75) is 128 Å². The van der Waals surface area contributed by atoms with E-state index in [-0.39, 0.29) is 6.61 Å². The van der Waals surface area contributed by atoms with Crippen LogP contribution in [0.1, 0.15) is 96.8 Å². The minimum Gasteiger partial charge on any atom is -0.394 e. The fourth-order valence-electron chi connectivity index (χ4n) is 4.06. The van der Waals surface area contributed by atoms with E-state index in [1.165, 1.54) is 89.9 Å². The number of aliphatic hydroxyl groups excluding tert-OH is 4. The molecule has 4 N–H and O–H groups in total. The van der Waals surface area contributed by atoms with Gasteiger partial charge in [0.2, 0.25) is 0 Å². The molecular weight excluding hydrogens is 440 g/mol. The van der Waals surface area contributed by atoms with Crippen LogP contribution >= 0.6 is 11.8 Å². The minimum atomic E-state index is -1.41. The highest BCUT2D eigenvalue weighted by molar-refractivity contribution is 7.99. The monoisotopic (exact) mass is 490 g/mol. The maximum Gasteiger partial charge on any atom is 0.187 e. The van der Waals surface area contributed by atoms with Crippen LogP contribution in [0.5, 0.6) is 0 Å². The van der Waals surface area contributed by atoms with Gasteiger partial charge in [-0.3, -0.25) is 0 Å². The first kappa shape index (κ1) is 30.9. The zero-order valence-electron chi connectivity index (χ0n) is 20.8. The highest BCUT2D eigenvalue weighted by Crippen LogP contribution is 2.23. The molecule has 0 aromatic heterocycles. The highest BCUT2D eigenvalue weighted by atomic mass is 32.2. The van der Waals surface area contributed by atoms with Gasteiger partial charge in [-0.1, -0.05) is 97.0 Å². The van der Waals surface area contributed by atoms with Gasteiger partial charge in [0.05, 0.1) is 13.2 Å². The molecule has 0 unspecified atom stereocenters. The summed E-state index contributed by atoms with van der Waals surface area (Å²) in [6, 6.07) is 0. The minimum absolute atomic E-state index is 0.203. The molecule has 0 amide bonds. The first-order valence-electron chi connectivity index (χ1n) is 13.2. The summed E-state index contributed by atoms with van der Waals surface area (Å²) in [5, 5.41) is 38.8. The van der Waals surface area contributed by atoms with Crippen molar-refractivity contribution in [3.8, 4) is 0 Å². The van der Waals surface area contributed by atoms with Crippen molar-refractivity contribution in [1.82, 2.24) is 0 Å². The van der Waals surface area contributed by atoms with Crippen molar-refractivity contribution in [1.29, 1.82) is 0 Å². The smallest absolute Gasteiger partial charge is 0.187 e. The molecule has 1 saturated heterocycles.